The highest BCUT2D eigenvalue weighted by atomic mass is 16.4. The molecule has 0 saturated heterocycles. The Morgan fingerprint density at radius 3 is 1.86 bits per heavy atom. The Balaban J connectivity index is 1.70. The van der Waals surface area contributed by atoms with Gasteiger partial charge in [-0.05, 0) is 17.2 Å². The van der Waals surface area contributed by atoms with Crippen molar-refractivity contribution in [1.82, 2.24) is 4.57 Å². The highest BCUT2D eigenvalue weighted by molar-refractivity contribution is 6.04. The van der Waals surface area contributed by atoms with E-state index in [4.69, 9.17) is 0 Å². The smallest absolute Gasteiger partial charge is 0.106 e. The van der Waals surface area contributed by atoms with Gasteiger partial charge in [-0.1, -0.05) is 89.2 Å². The lowest BCUT2D eigenvalue weighted by atomic mass is 10.0. The first-order valence-electron chi connectivity index (χ1n) is 9.39. The largest absolute Gasteiger partial charge is 0.411 e. The van der Waals surface area contributed by atoms with Crippen LogP contribution in [0.3, 0.4) is 0 Å². The average molecular weight is 383 g/mol. The maximum atomic E-state index is 9.58. The Hall–Kier alpha value is -3.86. The predicted molar refractivity (Wildman–Crippen MR) is 115 cm³/mol. The Morgan fingerprint density at radius 1 is 0.690 bits per heavy atom. The number of oxime groups is 2. The molecule has 0 amide bonds. The van der Waals surface area contributed by atoms with E-state index in [0.29, 0.717) is 24.4 Å². The standard InChI is InChI=1S/C24H21N3O2/c28-25-22(18-9-3-1-4-10-18)15-20-16-27(24-14-8-7-13-21(20)24)17-23(26-29)19-11-5-2-6-12-19/h1-14,16,28-29H,15,17H2/b25-22+,26-23+. The molecule has 0 spiro atoms. The molecule has 4 rings (SSSR count). The third-order valence-corrected chi connectivity index (χ3v) is 5.00. The van der Waals surface area contributed by atoms with E-state index < -0.39 is 0 Å². The van der Waals surface area contributed by atoms with Crippen LogP contribution >= 0.6 is 0 Å². The van der Waals surface area contributed by atoms with Gasteiger partial charge in [-0.25, -0.2) is 0 Å². The first kappa shape index (κ1) is 18.5. The summed E-state index contributed by atoms with van der Waals surface area (Å²) in [5.74, 6) is 0. The summed E-state index contributed by atoms with van der Waals surface area (Å²) >= 11 is 0. The number of rotatable bonds is 6. The lowest BCUT2D eigenvalue weighted by molar-refractivity contribution is 0.317. The van der Waals surface area contributed by atoms with Crippen molar-refractivity contribution in [3.05, 3.63) is 108 Å². The zero-order valence-corrected chi connectivity index (χ0v) is 15.8. The molecule has 1 heterocycles. The molecule has 0 radical (unpaired) electrons. The van der Waals surface area contributed by atoms with Crippen LogP contribution in [0.4, 0.5) is 0 Å². The van der Waals surface area contributed by atoms with Gasteiger partial charge in [0.15, 0.2) is 0 Å². The molecule has 0 aliphatic carbocycles. The second-order valence-electron chi connectivity index (χ2n) is 6.80. The molecular weight excluding hydrogens is 362 g/mol. The van der Waals surface area contributed by atoms with Gasteiger partial charge >= 0.3 is 0 Å². The fraction of sp³-hybridized carbons (Fsp3) is 0.0833. The number of benzene rings is 3. The topological polar surface area (TPSA) is 70.1 Å². The quantitative estimate of drug-likeness (QED) is 0.281. The molecule has 29 heavy (non-hydrogen) atoms. The van der Waals surface area contributed by atoms with E-state index in [9.17, 15) is 10.4 Å². The van der Waals surface area contributed by atoms with E-state index >= 15 is 0 Å². The van der Waals surface area contributed by atoms with Gasteiger partial charge < -0.3 is 15.0 Å². The summed E-state index contributed by atoms with van der Waals surface area (Å²) in [6.45, 7) is 0.429. The third-order valence-electron chi connectivity index (χ3n) is 5.00. The van der Waals surface area contributed by atoms with Gasteiger partial charge in [-0.2, -0.15) is 0 Å². The Labute approximate surface area is 168 Å². The fourth-order valence-electron chi connectivity index (χ4n) is 3.57. The summed E-state index contributed by atoms with van der Waals surface area (Å²) in [6, 6.07) is 27.3. The van der Waals surface area contributed by atoms with Gasteiger partial charge in [-0.15, -0.1) is 0 Å². The molecule has 3 aromatic carbocycles. The molecular formula is C24H21N3O2. The van der Waals surface area contributed by atoms with Crippen molar-refractivity contribution in [3.8, 4) is 0 Å². The van der Waals surface area contributed by atoms with Crippen molar-refractivity contribution in [3.63, 3.8) is 0 Å². The molecule has 2 N–H and O–H groups in total. The zero-order chi connectivity index (χ0) is 20.1. The van der Waals surface area contributed by atoms with E-state index in [2.05, 4.69) is 20.9 Å². The summed E-state index contributed by atoms with van der Waals surface area (Å²) < 4.78 is 2.06. The summed E-state index contributed by atoms with van der Waals surface area (Å²) in [4.78, 5) is 0. The van der Waals surface area contributed by atoms with E-state index in [-0.39, 0.29) is 0 Å². The predicted octanol–water partition coefficient (Wildman–Crippen LogP) is 4.94. The van der Waals surface area contributed by atoms with Gasteiger partial charge in [0.05, 0.1) is 12.3 Å². The number of aromatic nitrogens is 1. The van der Waals surface area contributed by atoms with Crippen molar-refractivity contribution in [1.29, 1.82) is 0 Å². The van der Waals surface area contributed by atoms with Gasteiger partial charge in [-0.3, -0.25) is 0 Å². The van der Waals surface area contributed by atoms with E-state index in [1.54, 1.807) is 0 Å². The van der Waals surface area contributed by atoms with Crippen molar-refractivity contribution >= 4 is 22.3 Å². The molecule has 0 bridgehead atoms. The molecule has 0 aliphatic heterocycles. The van der Waals surface area contributed by atoms with Crippen molar-refractivity contribution < 1.29 is 10.4 Å². The molecule has 5 heteroatoms. The summed E-state index contributed by atoms with van der Waals surface area (Å²) in [5.41, 5.74) is 5.02. The molecule has 4 aromatic rings. The molecule has 0 atom stereocenters. The van der Waals surface area contributed by atoms with Crippen molar-refractivity contribution in [2.24, 2.45) is 10.3 Å². The normalized spacial score (nSPS) is 12.4. The van der Waals surface area contributed by atoms with Crippen LogP contribution in [0.5, 0.6) is 0 Å². The Kier molecular flexibility index (Phi) is 5.38. The Morgan fingerprint density at radius 2 is 1.24 bits per heavy atom. The van der Waals surface area contributed by atoms with Gasteiger partial charge in [0.1, 0.15) is 5.71 Å². The van der Waals surface area contributed by atoms with Crippen LogP contribution in [-0.2, 0) is 13.0 Å². The monoisotopic (exact) mass is 383 g/mol. The first-order chi connectivity index (χ1) is 14.3. The lowest BCUT2D eigenvalue weighted by Gasteiger charge is -2.07. The second-order valence-corrected chi connectivity index (χ2v) is 6.80. The third kappa shape index (κ3) is 3.89. The maximum Gasteiger partial charge on any atom is 0.106 e. The molecule has 0 saturated carbocycles. The number of fused-ring (bicyclic) bond motifs is 1. The molecule has 1 aromatic heterocycles. The number of nitrogens with zero attached hydrogens (tertiary/aromatic N) is 3. The minimum Gasteiger partial charge on any atom is -0.411 e. The highest BCUT2D eigenvalue weighted by Crippen LogP contribution is 2.24. The minimum absolute atomic E-state index is 0.429. The van der Waals surface area contributed by atoms with Crippen LogP contribution in [0.2, 0.25) is 0 Å². The molecule has 0 unspecified atom stereocenters. The van der Waals surface area contributed by atoms with E-state index in [1.165, 1.54) is 0 Å². The molecule has 144 valence electrons. The van der Waals surface area contributed by atoms with Crippen molar-refractivity contribution in [2.75, 3.05) is 0 Å². The summed E-state index contributed by atoms with van der Waals surface area (Å²) in [5, 5.41) is 27.3. The molecule has 0 fully saturated rings. The molecule has 0 aliphatic rings. The maximum absolute atomic E-state index is 9.58. The SMILES string of the molecule is O/N=C(\Cn1cc(C/C(=N\O)c2ccccc2)c2ccccc21)c1ccccc1. The minimum atomic E-state index is 0.429. The van der Waals surface area contributed by atoms with Crippen LogP contribution in [0.15, 0.2) is 101 Å². The summed E-state index contributed by atoms with van der Waals surface area (Å²) in [7, 11) is 0. The van der Waals surface area contributed by atoms with Crippen LogP contribution in [-0.4, -0.2) is 26.4 Å². The summed E-state index contributed by atoms with van der Waals surface area (Å²) in [6.07, 6.45) is 2.53. The van der Waals surface area contributed by atoms with Gasteiger partial charge in [0, 0.05) is 29.1 Å². The van der Waals surface area contributed by atoms with Crippen LogP contribution in [0.1, 0.15) is 16.7 Å². The second kappa shape index (κ2) is 8.44. The van der Waals surface area contributed by atoms with Crippen molar-refractivity contribution in [2.45, 2.75) is 13.0 Å². The van der Waals surface area contributed by atoms with E-state index in [0.717, 1.165) is 27.6 Å². The first-order valence-corrected chi connectivity index (χ1v) is 9.39. The molecule has 5 nitrogen and oxygen atoms in total. The highest BCUT2D eigenvalue weighted by Gasteiger charge is 2.14. The number of para-hydroxylation sites is 1. The van der Waals surface area contributed by atoms with E-state index in [1.807, 2.05) is 85.1 Å². The van der Waals surface area contributed by atoms with Crippen LogP contribution in [0.25, 0.3) is 10.9 Å². The fourth-order valence-corrected chi connectivity index (χ4v) is 3.57. The zero-order valence-electron chi connectivity index (χ0n) is 15.8. The van der Waals surface area contributed by atoms with Gasteiger partial charge in [0.2, 0.25) is 0 Å². The Bertz CT molecular complexity index is 1070. The van der Waals surface area contributed by atoms with Gasteiger partial charge in [0.25, 0.3) is 0 Å². The number of hydrogen-bond acceptors (Lipinski definition) is 4. The van der Waals surface area contributed by atoms with Crippen LogP contribution < -0.4 is 0 Å². The number of hydrogen-bond donors (Lipinski definition) is 2. The average Bonchev–Trinajstić information content (AvgIpc) is 3.14. The van der Waals surface area contributed by atoms with Crippen LogP contribution in [0, 0.1) is 0 Å². The lowest BCUT2D eigenvalue weighted by Crippen LogP contribution is -2.11.